The molecule has 0 aliphatic carbocycles. The molecule has 1 unspecified atom stereocenters. The van der Waals surface area contributed by atoms with Gasteiger partial charge in [0.05, 0.1) is 27.4 Å². The van der Waals surface area contributed by atoms with Crippen molar-refractivity contribution in [2.75, 3.05) is 42.0 Å². The summed E-state index contributed by atoms with van der Waals surface area (Å²) in [6.07, 6.45) is 0.966. The largest absolute Gasteiger partial charge is 0.497 e. The summed E-state index contributed by atoms with van der Waals surface area (Å²) in [7, 11) is 8.87. The molecule has 0 bridgehead atoms. The third kappa shape index (κ3) is 5.63. The van der Waals surface area contributed by atoms with Crippen LogP contribution in [0.1, 0.15) is 23.6 Å². The van der Waals surface area contributed by atoms with E-state index in [1.807, 2.05) is 56.6 Å². The van der Waals surface area contributed by atoms with Gasteiger partial charge in [-0.25, -0.2) is 0 Å². The molecule has 6 nitrogen and oxygen atoms in total. The lowest BCUT2D eigenvalue weighted by Gasteiger charge is -2.25. The lowest BCUT2D eigenvalue weighted by atomic mass is 10.1. The van der Waals surface area contributed by atoms with Crippen molar-refractivity contribution in [2.45, 2.75) is 18.9 Å². The predicted octanol–water partition coefficient (Wildman–Crippen LogP) is 3.06. The highest BCUT2D eigenvalue weighted by Gasteiger charge is 2.16. The number of methoxy groups -OCH3 is 3. The quantitative estimate of drug-likeness (QED) is 0.680. The second kappa shape index (κ2) is 10.6. The number of aryl methyl sites for hydroxylation is 1. The van der Waals surface area contributed by atoms with E-state index in [1.165, 1.54) is 0 Å². The highest BCUT2D eigenvalue weighted by Crippen LogP contribution is 2.31. The number of carbonyl (C=O) groups excluding carboxylic acids is 1. The van der Waals surface area contributed by atoms with Crippen molar-refractivity contribution in [2.24, 2.45) is 0 Å². The maximum Gasteiger partial charge on any atom is 0.220 e. The number of carbonyl (C=O) groups is 1. The van der Waals surface area contributed by atoms with Crippen LogP contribution in [0.5, 0.6) is 17.2 Å². The number of rotatable bonds is 10. The van der Waals surface area contributed by atoms with Gasteiger partial charge in [-0.15, -0.1) is 0 Å². The van der Waals surface area contributed by atoms with Gasteiger partial charge in [0.2, 0.25) is 5.91 Å². The molecule has 0 aromatic heterocycles. The molecule has 6 heteroatoms. The van der Waals surface area contributed by atoms with Crippen molar-refractivity contribution in [3.63, 3.8) is 0 Å². The molecule has 2 aromatic rings. The van der Waals surface area contributed by atoms with Gasteiger partial charge in [0.15, 0.2) is 11.5 Å². The Morgan fingerprint density at radius 1 is 1.00 bits per heavy atom. The summed E-state index contributed by atoms with van der Waals surface area (Å²) in [6, 6.07) is 13.7. The van der Waals surface area contributed by atoms with E-state index in [-0.39, 0.29) is 11.9 Å². The number of hydrogen-bond acceptors (Lipinski definition) is 5. The Hall–Kier alpha value is -2.73. The van der Waals surface area contributed by atoms with Crippen molar-refractivity contribution in [1.29, 1.82) is 0 Å². The average Bonchev–Trinajstić information content (AvgIpc) is 2.72. The fourth-order valence-electron chi connectivity index (χ4n) is 3.12. The zero-order valence-electron chi connectivity index (χ0n) is 17.3. The molecule has 0 spiro atoms. The molecule has 152 valence electrons. The first-order valence-corrected chi connectivity index (χ1v) is 9.27. The van der Waals surface area contributed by atoms with Crippen LogP contribution in [0, 0.1) is 0 Å². The van der Waals surface area contributed by atoms with Crippen molar-refractivity contribution in [1.82, 2.24) is 10.2 Å². The Balaban J connectivity index is 1.94. The van der Waals surface area contributed by atoms with Gasteiger partial charge in [0.25, 0.3) is 0 Å². The number of hydrogen-bond donors (Lipinski definition) is 1. The molecule has 2 aromatic carbocycles. The van der Waals surface area contributed by atoms with E-state index in [2.05, 4.69) is 10.2 Å². The fourth-order valence-corrected chi connectivity index (χ4v) is 3.12. The van der Waals surface area contributed by atoms with E-state index < -0.39 is 0 Å². The second-order valence-corrected chi connectivity index (χ2v) is 6.71. The topological polar surface area (TPSA) is 60.0 Å². The minimum absolute atomic E-state index is 0.00485. The molecule has 1 atom stereocenters. The zero-order valence-corrected chi connectivity index (χ0v) is 17.3. The van der Waals surface area contributed by atoms with Crippen molar-refractivity contribution < 1.29 is 19.0 Å². The van der Waals surface area contributed by atoms with Gasteiger partial charge in [-0.3, -0.25) is 4.79 Å². The molecule has 0 fully saturated rings. The van der Waals surface area contributed by atoms with Gasteiger partial charge >= 0.3 is 0 Å². The molecule has 0 saturated carbocycles. The SMILES string of the molecule is COc1ccc(C(CNC(=O)CCc2cccc(OC)c2OC)N(C)C)cc1. The standard InChI is InChI=1S/C22H30N2O4/c1-24(2)19(16-9-12-18(26-3)13-10-16)15-23-21(25)14-11-17-7-6-8-20(27-4)22(17)28-5/h6-10,12-13,19H,11,14-15H2,1-5H3,(H,23,25). The van der Waals surface area contributed by atoms with Crippen molar-refractivity contribution in [3.05, 3.63) is 53.6 Å². The van der Waals surface area contributed by atoms with Crippen LogP contribution in [0.2, 0.25) is 0 Å². The summed E-state index contributed by atoms with van der Waals surface area (Å²) < 4.78 is 16.0. The van der Waals surface area contributed by atoms with Gasteiger partial charge in [0, 0.05) is 13.0 Å². The smallest absolute Gasteiger partial charge is 0.220 e. The lowest BCUT2D eigenvalue weighted by molar-refractivity contribution is -0.121. The molecule has 0 aliphatic rings. The minimum atomic E-state index is 0.00485. The van der Waals surface area contributed by atoms with E-state index in [0.717, 1.165) is 16.9 Å². The van der Waals surface area contributed by atoms with Crippen LogP contribution >= 0.6 is 0 Å². The number of nitrogens with zero attached hydrogens (tertiary/aromatic N) is 1. The van der Waals surface area contributed by atoms with Gasteiger partial charge in [-0.05, 0) is 49.8 Å². The summed E-state index contributed by atoms with van der Waals surface area (Å²) in [5, 5.41) is 3.04. The van der Waals surface area contributed by atoms with Crippen LogP contribution in [0.25, 0.3) is 0 Å². The lowest BCUT2D eigenvalue weighted by Crippen LogP contribution is -2.34. The Morgan fingerprint density at radius 2 is 1.71 bits per heavy atom. The molecule has 0 aliphatic heterocycles. The molecular formula is C22H30N2O4. The summed E-state index contributed by atoms with van der Waals surface area (Å²) >= 11 is 0. The van der Waals surface area contributed by atoms with E-state index >= 15 is 0 Å². The molecule has 1 N–H and O–H groups in total. The van der Waals surface area contributed by atoms with E-state index in [4.69, 9.17) is 14.2 Å². The maximum atomic E-state index is 12.4. The van der Waals surface area contributed by atoms with Crippen LogP contribution in [0.4, 0.5) is 0 Å². The van der Waals surface area contributed by atoms with Crippen LogP contribution in [0.15, 0.2) is 42.5 Å². The number of amides is 1. The van der Waals surface area contributed by atoms with Crippen LogP contribution in [0.3, 0.4) is 0 Å². The summed E-state index contributed by atoms with van der Waals surface area (Å²) in [5.74, 6) is 2.18. The van der Waals surface area contributed by atoms with Crippen LogP contribution in [-0.2, 0) is 11.2 Å². The fraction of sp³-hybridized carbons (Fsp3) is 0.409. The predicted molar refractivity (Wildman–Crippen MR) is 110 cm³/mol. The van der Waals surface area contributed by atoms with Crippen LogP contribution < -0.4 is 19.5 Å². The summed E-state index contributed by atoms with van der Waals surface area (Å²) in [6.45, 7) is 0.535. The van der Waals surface area contributed by atoms with E-state index in [0.29, 0.717) is 30.9 Å². The number of ether oxygens (including phenoxy) is 3. The van der Waals surface area contributed by atoms with E-state index in [9.17, 15) is 4.79 Å². The normalized spacial score (nSPS) is 11.8. The number of likely N-dealkylation sites (N-methyl/N-ethyl adjacent to an activating group) is 1. The molecule has 1 amide bonds. The van der Waals surface area contributed by atoms with Crippen molar-refractivity contribution >= 4 is 5.91 Å². The average molecular weight is 386 g/mol. The number of nitrogens with one attached hydrogen (secondary N) is 1. The zero-order chi connectivity index (χ0) is 20.5. The first-order valence-electron chi connectivity index (χ1n) is 9.27. The van der Waals surface area contributed by atoms with Gasteiger partial charge in [-0.2, -0.15) is 0 Å². The maximum absolute atomic E-state index is 12.4. The van der Waals surface area contributed by atoms with Crippen LogP contribution in [-0.4, -0.2) is 52.8 Å². The molecule has 2 rings (SSSR count). The number of para-hydroxylation sites is 1. The van der Waals surface area contributed by atoms with Gasteiger partial charge < -0.3 is 24.4 Å². The first-order chi connectivity index (χ1) is 13.5. The highest BCUT2D eigenvalue weighted by molar-refractivity contribution is 5.76. The van der Waals surface area contributed by atoms with Gasteiger partial charge in [0.1, 0.15) is 5.75 Å². The molecule has 0 saturated heterocycles. The molecule has 28 heavy (non-hydrogen) atoms. The Labute approximate surface area is 167 Å². The van der Waals surface area contributed by atoms with Gasteiger partial charge in [-0.1, -0.05) is 24.3 Å². The first kappa shape index (κ1) is 21.6. The Morgan fingerprint density at radius 3 is 2.29 bits per heavy atom. The molecular weight excluding hydrogens is 356 g/mol. The highest BCUT2D eigenvalue weighted by atomic mass is 16.5. The summed E-state index contributed by atoms with van der Waals surface area (Å²) in [5.41, 5.74) is 2.08. The Kier molecular flexibility index (Phi) is 8.14. The van der Waals surface area contributed by atoms with E-state index in [1.54, 1.807) is 21.3 Å². The third-order valence-corrected chi connectivity index (χ3v) is 4.72. The monoisotopic (exact) mass is 386 g/mol. The number of benzene rings is 2. The molecule has 0 radical (unpaired) electrons. The van der Waals surface area contributed by atoms with Crippen molar-refractivity contribution in [3.8, 4) is 17.2 Å². The molecule has 0 heterocycles. The Bertz CT molecular complexity index is 760. The second-order valence-electron chi connectivity index (χ2n) is 6.71. The summed E-state index contributed by atoms with van der Waals surface area (Å²) in [4.78, 5) is 14.5. The third-order valence-electron chi connectivity index (χ3n) is 4.72. The minimum Gasteiger partial charge on any atom is -0.497 e.